The number of hydrogen-bond acceptors (Lipinski definition) is 3. The zero-order chi connectivity index (χ0) is 14.1. The number of rotatable bonds is 3. The van der Waals surface area contributed by atoms with Gasteiger partial charge in [-0.15, -0.1) is 0 Å². The van der Waals surface area contributed by atoms with Crippen LogP contribution in [-0.4, -0.2) is 29.1 Å². The van der Waals surface area contributed by atoms with E-state index in [9.17, 15) is 4.79 Å². The van der Waals surface area contributed by atoms with E-state index in [2.05, 4.69) is 32.7 Å². The van der Waals surface area contributed by atoms with Gasteiger partial charge in [-0.05, 0) is 18.4 Å². The van der Waals surface area contributed by atoms with Crippen molar-refractivity contribution < 1.29 is 9.90 Å². The Kier molecular flexibility index (Phi) is 4.22. The van der Waals surface area contributed by atoms with Crippen molar-refractivity contribution in [1.82, 2.24) is 4.98 Å². The van der Waals surface area contributed by atoms with Crippen LogP contribution in [0.4, 0.5) is 5.82 Å². The van der Waals surface area contributed by atoms with E-state index < -0.39 is 5.97 Å². The molecule has 1 atom stereocenters. The van der Waals surface area contributed by atoms with Crippen LogP contribution in [0.1, 0.15) is 38.1 Å². The van der Waals surface area contributed by atoms with Crippen LogP contribution in [0, 0.1) is 5.41 Å². The molecule has 0 radical (unpaired) electrons. The summed E-state index contributed by atoms with van der Waals surface area (Å²) in [6.45, 7) is 8.40. The highest BCUT2D eigenvalue weighted by Crippen LogP contribution is 2.32. The van der Waals surface area contributed by atoms with Gasteiger partial charge in [0.15, 0.2) is 0 Å². The molecule has 0 spiro atoms. The third-order valence-electron chi connectivity index (χ3n) is 3.27. The average Bonchev–Trinajstić information content (AvgIpc) is 2.25. The molecule has 1 aromatic rings. The summed E-state index contributed by atoms with van der Waals surface area (Å²) in [7, 11) is 1.87. The van der Waals surface area contributed by atoms with Gasteiger partial charge in [-0.3, -0.25) is 0 Å². The fourth-order valence-corrected chi connectivity index (χ4v) is 1.93. The molecule has 5 heteroatoms. The highest BCUT2D eigenvalue weighted by molar-refractivity contribution is 6.35. The third kappa shape index (κ3) is 2.93. The molecule has 0 amide bonds. The van der Waals surface area contributed by atoms with E-state index in [1.54, 1.807) is 0 Å². The van der Waals surface area contributed by atoms with Gasteiger partial charge in [-0.25, -0.2) is 9.78 Å². The van der Waals surface area contributed by atoms with Gasteiger partial charge in [0.1, 0.15) is 5.82 Å². The Morgan fingerprint density at radius 3 is 2.50 bits per heavy atom. The summed E-state index contributed by atoms with van der Waals surface area (Å²) >= 11 is 6.11. The predicted molar refractivity (Wildman–Crippen MR) is 73.5 cm³/mol. The first-order chi connectivity index (χ1) is 8.16. The molecule has 0 aliphatic heterocycles. The van der Waals surface area contributed by atoms with Crippen molar-refractivity contribution in [2.75, 3.05) is 11.9 Å². The second kappa shape index (κ2) is 5.14. The first kappa shape index (κ1) is 14.8. The molecule has 1 heterocycles. The molecule has 100 valence electrons. The van der Waals surface area contributed by atoms with Crippen LogP contribution in [0.2, 0.25) is 5.02 Å². The lowest BCUT2D eigenvalue weighted by atomic mass is 9.87. The lowest BCUT2D eigenvalue weighted by molar-refractivity contribution is 0.0697. The van der Waals surface area contributed by atoms with E-state index in [4.69, 9.17) is 16.7 Å². The maximum atomic E-state index is 11.0. The normalized spacial score (nSPS) is 13.2. The molecule has 0 aromatic carbocycles. The summed E-state index contributed by atoms with van der Waals surface area (Å²) in [6, 6.07) is 1.58. The number of carbonyl (C=O) groups is 1. The number of aromatic carboxylic acids is 1. The van der Waals surface area contributed by atoms with E-state index in [1.807, 2.05) is 11.9 Å². The molecule has 0 aliphatic carbocycles. The number of anilines is 1. The first-order valence-electron chi connectivity index (χ1n) is 5.77. The monoisotopic (exact) mass is 270 g/mol. The number of carboxylic acids is 1. The van der Waals surface area contributed by atoms with E-state index >= 15 is 0 Å². The van der Waals surface area contributed by atoms with Crippen molar-refractivity contribution in [2.45, 2.75) is 33.7 Å². The van der Waals surface area contributed by atoms with Gasteiger partial charge in [-0.2, -0.15) is 0 Å². The second-order valence-electron chi connectivity index (χ2n) is 5.45. The van der Waals surface area contributed by atoms with Crippen molar-refractivity contribution in [2.24, 2.45) is 5.41 Å². The van der Waals surface area contributed by atoms with Gasteiger partial charge in [-0.1, -0.05) is 32.4 Å². The molecular weight excluding hydrogens is 252 g/mol. The number of carboxylic acid groups (broad SMARTS) is 1. The fraction of sp³-hybridized carbons (Fsp3) is 0.538. The van der Waals surface area contributed by atoms with Crippen molar-refractivity contribution in [1.29, 1.82) is 0 Å². The van der Waals surface area contributed by atoms with Crippen LogP contribution in [0.3, 0.4) is 0 Å². The Balaban J connectivity index is 3.18. The van der Waals surface area contributed by atoms with Gasteiger partial charge >= 0.3 is 5.97 Å². The molecule has 0 saturated carbocycles. The number of halogens is 1. The van der Waals surface area contributed by atoms with Crippen LogP contribution < -0.4 is 4.90 Å². The highest BCUT2D eigenvalue weighted by atomic mass is 35.5. The SMILES string of the molecule is CC(N(C)c1nccc(C(=O)O)c1Cl)C(C)(C)C. The Bertz CT molecular complexity index is 455. The smallest absolute Gasteiger partial charge is 0.337 e. The van der Waals surface area contributed by atoms with Crippen molar-refractivity contribution >= 4 is 23.4 Å². The Labute approximate surface area is 113 Å². The van der Waals surface area contributed by atoms with Gasteiger partial charge in [0, 0.05) is 19.3 Å². The standard InChI is InChI=1S/C13H19ClN2O2/c1-8(13(2,3)4)16(5)11-10(14)9(12(17)18)6-7-15-11/h6-8H,1-5H3,(H,17,18). The van der Waals surface area contributed by atoms with Gasteiger partial charge in [0.05, 0.1) is 10.6 Å². The van der Waals surface area contributed by atoms with Gasteiger partial charge < -0.3 is 10.0 Å². The van der Waals surface area contributed by atoms with E-state index in [0.29, 0.717) is 5.82 Å². The number of pyridine rings is 1. The first-order valence-corrected chi connectivity index (χ1v) is 6.14. The maximum Gasteiger partial charge on any atom is 0.337 e. The van der Waals surface area contributed by atoms with E-state index in [-0.39, 0.29) is 22.0 Å². The van der Waals surface area contributed by atoms with Gasteiger partial charge in [0.2, 0.25) is 0 Å². The summed E-state index contributed by atoms with van der Waals surface area (Å²) in [5.41, 5.74) is 0.119. The summed E-state index contributed by atoms with van der Waals surface area (Å²) in [4.78, 5) is 17.1. The molecule has 0 fully saturated rings. The summed E-state index contributed by atoms with van der Waals surface area (Å²) in [5, 5.41) is 9.22. The molecule has 0 bridgehead atoms. The molecule has 1 unspecified atom stereocenters. The Morgan fingerprint density at radius 2 is 2.06 bits per heavy atom. The van der Waals surface area contributed by atoms with Crippen molar-refractivity contribution in [3.63, 3.8) is 0 Å². The Morgan fingerprint density at radius 1 is 1.50 bits per heavy atom. The molecule has 0 aliphatic rings. The summed E-state index contributed by atoms with van der Waals surface area (Å²) in [6.07, 6.45) is 1.47. The zero-order valence-electron chi connectivity index (χ0n) is 11.4. The molecule has 4 nitrogen and oxygen atoms in total. The number of hydrogen-bond donors (Lipinski definition) is 1. The fourth-order valence-electron chi connectivity index (χ4n) is 1.61. The average molecular weight is 271 g/mol. The predicted octanol–water partition coefficient (Wildman–Crippen LogP) is 3.30. The Hall–Kier alpha value is -1.29. The van der Waals surface area contributed by atoms with Crippen LogP contribution in [-0.2, 0) is 0 Å². The zero-order valence-corrected chi connectivity index (χ0v) is 12.1. The van der Waals surface area contributed by atoms with E-state index in [1.165, 1.54) is 12.3 Å². The van der Waals surface area contributed by atoms with Gasteiger partial charge in [0.25, 0.3) is 0 Å². The number of nitrogens with zero attached hydrogens (tertiary/aromatic N) is 2. The minimum absolute atomic E-state index is 0.0407. The highest BCUT2D eigenvalue weighted by Gasteiger charge is 2.27. The minimum atomic E-state index is -1.04. The van der Waals surface area contributed by atoms with Crippen molar-refractivity contribution in [3.8, 4) is 0 Å². The van der Waals surface area contributed by atoms with Crippen LogP contribution >= 0.6 is 11.6 Å². The molecule has 1 rings (SSSR count). The van der Waals surface area contributed by atoms with Crippen LogP contribution in [0.5, 0.6) is 0 Å². The van der Waals surface area contributed by atoms with Crippen LogP contribution in [0.25, 0.3) is 0 Å². The summed E-state index contributed by atoms with van der Waals surface area (Å²) < 4.78 is 0. The number of aromatic nitrogens is 1. The van der Waals surface area contributed by atoms with E-state index in [0.717, 1.165) is 0 Å². The van der Waals surface area contributed by atoms with Crippen molar-refractivity contribution in [3.05, 3.63) is 22.8 Å². The molecular formula is C13H19ClN2O2. The lowest BCUT2D eigenvalue weighted by Gasteiger charge is -2.36. The van der Waals surface area contributed by atoms with Crippen LogP contribution in [0.15, 0.2) is 12.3 Å². The molecule has 18 heavy (non-hydrogen) atoms. The molecule has 0 saturated heterocycles. The lowest BCUT2D eigenvalue weighted by Crippen LogP contribution is -2.40. The summed E-state index contributed by atoms with van der Waals surface area (Å²) in [5.74, 6) is -0.542. The topological polar surface area (TPSA) is 53.4 Å². The third-order valence-corrected chi connectivity index (χ3v) is 3.64. The largest absolute Gasteiger partial charge is 0.478 e. The quantitative estimate of drug-likeness (QED) is 0.916. The molecule has 1 aromatic heterocycles. The maximum absolute atomic E-state index is 11.0. The minimum Gasteiger partial charge on any atom is -0.478 e. The molecule has 1 N–H and O–H groups in total. The second-order valence-corrected chi connectivity index (χ2v) is 5.83.